The van der Waals surface area contributed by atoms with Crippen LogP contribution >= 0.6 is 0 Å². The molecule has 3 aromatic rings. The number of esters is 1. The van der Waals surface area contributed by atoms with Crippen LogP contribution in [-0.2, 0) is 10.3 Å². The Kier molecular flexibility index (Phi) is 4.47. The Hall–Kier alpha value is -3.22. The standard InChI is InChI=1S/C20H21N3O4/c1-19(2,20(3,4)27-18(24)15-6-5-10-21-13-15)22-11-9-14-12-16(23(25)26)7-8-17(14)22/h5-13H,1-4H3. The van der Waals surface area contributed by atoms with Crippen LogP contribution in [0.5, 0.6) is 0 Å². The van der Waals surface area contributed by atoms with E-state index < -0.39 is 22.0 Å². The van der Waals surface area contributed by atoms with Gasteiger partial charge in [-0.05, 0) is 52.0 Å². The second-order valence-corrected chi connectivity index (χ2v) is 7.39. The van der Waals surface area contributed by atoms with Crippen molar-refractivity contribution in [2.45, 2.75) is 38.8 Å². The average Bonchev–Trinajstić information content (AvgIpc) is 3.05. The lowest BCUT2D eigenvalue weighted by Gasteiger charge is -2.42. The second-order valence-electron chi connectivity index (χ2n) is 7.39. The molecule has 27 heavy (non-hydrogen) atoms. The highest BCUT2D eigenvalue weighted by Crippen LogP contribution is 2.37. The summed E-state index contributed by atoms with van der Waals surface area (Å²) in [6, 6.07) is 9.89. The van der Waals surface area contributed by atoms with Gasteiger partial charge in [-0.1, -0.05) is 0 Å². The molecule has 0 bridgehead atoms. The molecule has 0 N–H and O–H groups in total. The number of benzene rings is 1. The number of fused-ring (bicyclic) bond motifs is 1. The number of non-ortho nitro benzene ring substituents is 1. The molecule has 2 aromatic heterocycles. The van der Waals surface area contributed by atoms with Crippen LogP contribution in [0.2, 0.25) is 0 Å². The number of carbonyl (C=O) groups is 1. The van der Waals surface area contributed by atoms with Crippen LogP contribution in [-0.4, -0.2) is 26.0 Å². The highest BCUT2D eigenvalue weighted by Gasteiger charge is 2.42. The molecule has 3 rings (SSSR count). The summed E-state index contributed by atoms with van der Waals surface area (Å²) in [5.74, 6) is -0.451. The van der Waals surface area contributed by atoms with E-state index in [0.29, 0.717) is 5.56 Å². The number of nitro groups is 1. The first-order chi connectivity index (χ1) is 12.6. The smallest absolute Gasteiger partial charge is 0.340 e. The fourth-order valence-corrected chi connectivity index (χ4v) is 2.92. The molecule has 0 atom stereocenters. The molecule has 7 nitrogen and oxygen atoms in total. The SMILES string of the molecule is CC(C)(OC(=O)c1cccnc1)C(C)(C)n1ccc2cc([N+](=O)[O-])ccc21. The van der Waals surface area contributed by atoms with Crippen molar-refractivity contribution < 1.29 is 14.5 Å². The van der Waals surface area contributed by atoms with Gasteiger partial charge >= 0.3 is 5.97 Å². The molecular weight excluding hydrogens is 346 g/mol. The summed E-state index contributed by atoms with van der Waals surface area (Å²) in [5, 5.41) is 11.8. The van der Waals surface area contributed by atoms with Gasteiger partial charge in [-0.15, -0.1) is 0 Å². The van der Waals surface area contributed by atoms with Crippen molar-refractivity contribution in [2.75, 3.05) is 0 Å². The minimum atomic E-state index is -0.867. The number of aromatic nitrogens is 2. The summed E-state index contributed by atoms with van der Waals surface area (Å²) in [6.45, 7) is 7.62. The number of pyridine rings is 1. The number of ether oxygens (including phenoxy) is 1. The molecule has 0 saturated heterocycles. The van der Waals surface area contributed by atoms with Gasteiger partial charge in [0, 0.05) is 41.6 Å². The summed E-state index contributed by atoms with van der Waals surface area (Å²) in [6.07, 6.45) is 4.92. The van der Waals surface area contributed by atoms with Crippen molar-refractivity contribution in [2.24, 2.45) is 0 Å². The van der Waals surface area contributed by atoms with E-state index in [1.54, 1.807) is 24.4 Å². The second kappa shape index (κ2) is 6.50. The predicted molar refractivity (Wildman–Crippen MR) is 102 cm³/mol. The summed E-state index contributed by atoms with van der Waals surface area (Å²) in [4.78, 5) is 27.0. The van der Waals surface area contributed by atoms with Crippen molar-refractivity contribution in [3.05, 3.63) is 70.7 Å². The topological polar surface area (TPSA) is 87.3 Å². The Labute approximate surface area is 156 Å². The number of carbonyl (C=O) groups excluding carboxylic acids is 1. The maximum Gasteiger partial charge on any atom is 0.340 e. The highest BCUT2D eigenvalue weighted by molar-refractivity contribution is 5.89. The van der Waals surface area contributed by atoms with E-state index in [0.717, 1.165) is 10.9 Å². The van der Waals surface area contributed by atoms with Crippen LogP contribution in [0.1, 0.15) is 38.1 Å². The maximum atomic E-state index is 12.5. The molecular formula is C20H21N3O4. The van der Waals surface area contributed by atoms with Crippen LogP contribution in [0.4, 0.5) is 5.69 Å². The molecule has 0 spiro atoms. The van der Waals surface area contributed by atoms with E-state index in [1.165, 1.54) is 18.3 Å². The fourth-order valence-electron chi connectivity index (χ4n) is 2.92. The van der Waals surface area contributed by atoms with Gasteiger partial charge in [0.15, 0.2) is 0 Å². The largest absolute Gasteiger partial charge is 0.454 e. The van der Waals surface area contributed by atoms with E-state index in [4.69, 9.17) is 4.74 Å². The van der Waals surface area contributed by atoms with Crippen molar-refractivity contribution in [3.8, 4) is 0 Å². The van der Waals surface area contributed by atoms with Gasteiger partial charge in [0.1, 0.15) is 5.60 Å². The molecule has 0 radical (unpaired) electrons. The molecule has 140 valence electrons. The van der Waals surface area contributed by atoms with E-state index in [-0.39, 0.29) is 5.69 Å². The average molecular weight is 367 g/mol. The Morgan fingerprint density at radius 3 is 2.56 bits per heavy atom. The molecule has 1 aromatic carbocycles. The van der Waals surface area contributed by atoms with Crippen LogP contribution in [0.25, 0.3) is 10.9 Å². The normalized spacial score (nSPS) is 12.1. The van der Waals surface area contributed by atoms with Crippen molar-refractivity contribution in [1.82, 2.24) is 9.55 Å². The Morgan fingerprint density at radius 1 is 1.19 bits per heavy atom. The van der Waals surface area contributed by atoms with Gasteiger partial charge in [0.05, 0.1) is 16.0 Å². The summed E-state index contributed by atoms with van der Waals surface area (Å²) in [5.41, 5.74) is -0.234. The molecule has 0 aliphatic rings. The van der Waals surface area contributed by atoms with Crippen molar-refractivity contribution in [1.29, 1.82) is 0 Å². The number of rotatable bonds is 5. The third kappa shape index (κ3) is 3.28. The zero-order valence-electron chi connectivity index (χ0n) is 15.7. The first-order valence-electron chi connectivity index (χ1n) is 8.53. The van der Waals surface area contributed by atoms with Crippen LogP contribution < -0.4 is 0 Å². The molecule has 0 aliphatic carbocycles. The summed E-state index contributed by atoms with van der Waals surface area (Å²) < 4.78 is 7.79. The maximum absolute atomic E-state index is 12.5. The quantitative estimate of drug-likeness (QED) is 0.381. The first-order valence-corrected chi connectivity index (χ1v) is 8.53. The van der Waals surface area contributed by atoms with Crippen molar-refractivity contribution in [3.63, 3.8) is 0 Å². The van der Waals surface area contributed by atoms with Crippen molar-refractivity contribution >= 4 is 22.6 Å². The van der Waals surface area contributed by atoms with E-state index >= 15 is 0 Å². The van der Waals surface area contributed by atoms with E-state index in [9.17, 15) is 14.9 Å². The first kappa shape index (κ1) is 18.6. The predicted octanol–water partition coefficient (Wildman–Crippen LogP) is 4.32. The van der Waals surface area contributed by atoms with Crippen LogP contribution in [0.3, 0.4) is 0 Å². The Morgan fingerprint density at radius 2 is 1.93 bits per heavy atom. The third-order valence-electron chi connectivity index (χ3n) is 5.21. The number of hydrogen-bond donors (Lipinski definition) is 0. The molecule has 7 heteroatoms. The zero-order valence-corrected chi connectivity index (χ0v) is 15.7. The molecule has 0 amide bonds. The van der Waals surface area contributed by atoms with Crippen LogP contribution in [0.15, 0.2) is 55.0 Å². The zero-order chi connectivity index (χ0) is 19.8. The molecule has 0 saturated carbocycles. The molecule has 0 fully saturated rings. The lowest BCUT2D eigenvalue weighted by atomic mass is 9.85. The highest BCUT2D eigenvalue weighted by atomic mass is 16.6. The van der Waals surface area contributed by atoms with Gasteiger partial charge in [-0.3, -0.25) is 15.1 Å². The molecule has 2 heterocycles. The summed E-state index contributed by atoms with van der Waals surface area (Å²) in [7, 11) is 0. The monoisotopic (exact) mass is 367 g/mol. The van der Waals surface area contributed by atoms with Gasteiger partial charge in [-0.2, -0.15) is 0 Å². The van der Waals surface area contributed by atoms with Gasteiger partial charge in [-0.25, -0.2) is 4.79 Å². The number of hydrogen-bond acceptors (Lipinski definition) is 5. The Bertz CT molecular complexity index is 1010. The molecule has 0 aliphatic heterocycles. The minimum absolute atomic E-state index is 0.0420. The minimum Gasteiger partial charge on any atom is -0.454 e. The number of nitrogens with zero attached hydrogens (tertiary/aromatic N) is 3. The summed E-state index contributed by atoms with van der Waals surface area (Å²) >= 11 is 0. The molecule has 0 unspecified atom stereocenters. The fraction of sp³-hybridized carbons (Fsp3) is 0.300. The van der Waals surface area contributed by atoms with Gasteiger partial charge in [0.25, 0.3) is 5.69 Å². The lowest BCUT2D eigenvalue weighted by Crippen LogP contribution is -2.50. The third-order valence-corrected chi connectivity index (χ3v) is 5.21. The lowest BCUT2D eigenvalue weighted by molar-refractivity contribution is -0.384. The van der Waals surface area contributed by atoms with Gasteiger partial charge < -0.3 is 9.30 Å². The van der Waals surface area contributed by atoms with E-state index in [2.05, 4.69) is 4.98 Å². The van der Waals surface area contributed by atoms with E-state index in [1.807, 2.05) is 44.5 Å². The van der Waals surface area contributed by atoms with Gasteiger partial charge in [0.2, 0.25) is 0 Å². The number of nitro benzene ring substituents is 1. The Balaban J connectivity index is 1.95. The van der Waals surface area contributed by atoms with Crippen LogP contribution in [0, 0.1) is 10.1 Å².